The van der Waals surface area contributed by atoms with Crippen LogP contribution in [0.15, 0.2) is 163 Å². The summed E-state index contributed by atoms with van der Waals surface area (Å²) < 4.78 is 72.8. The van der Waals surface area contributed by atoms with Crippen molar-refractivity contribution >= 4 is 41.3 Å². The minimum atomic E-state index is -4.13. The van der Waals surface area contributed by atoms with E-state index >= 15 is 0 Å². The van der Waals surface area contributed by atoms with E-state index in [0.717, 1.165) is 16.7 Å². The Kier molecular flexibility index (Phi) is 9.50. The summed E-state index contributed by atoms with van der Waals surface area (Å²) in [5.74, 6) is 0. The summed E-state index contributed by atoms with van der Waals surface area (Å²) in [5.41, 5.74) is 0. The Morgan fingerprint density at radius 2 is 0.737 bits per heavy atom. The maximum absolute atomic E-state index is 12.3. The number of rotatable bonds is 8. The summed E-state index contributed by atoms with van der Waals surface area (Å²) in [4.78, 5) is 0.953. The number of benzene rings is 4. The van der Waals surface area contributed by atoms with Crippen LogP contribution in [0.25, 0.3) is 0 Å². The SMILES string of the molecule is C=C(S(=O)(=O)c1ccccc1)S(=O)(=O)c1ccccc1.C=C(Sc1ccccc1)S(=O)(=O)c1ccccc1. The Balaban J connectivity index is 0.000000212. The van der Waals surface area contributed by atoms with Crippen LogP contribution < -0.4 is 0 Å². The van der Waals surface area contributed by atoms with Gasteiger partial charge in [0.1, 0.15) is 4.24 Å². The van der Waals surface area contributed by atoms with Crippen molar-refractivity contribution in [3.05, 3.63) is 143 Å². The van der Waals surface area contributed by atoms with E-state index in [4.69, 9.17) is 0 Å². The fourth-order valence-corrected chi connectivity index (χ4v) is 8.65. The molecule has 4 aromatic carbocycles. The van der Waals surface area contributed by atoms with Gasteiger partial charge in [0.15, 0.2) is 4.24 Å². The molecular weight excluding hydrogens is 561 g/mol. The van der Waals surface area contributed by atoms with E-state index in [2.05, 4.69) is 13.2 Å². The third-order valence-corrected chi connectivity index (χ3v) is 12.5. The maximum atomic E-state index is 12.3. The van der Waals surface area contributed by atoms with Gasteiger partial charge < -0.3 is 0 Å². The first kappa shape index (κ1) is 29.1. The Bertz CT molecular complexity index is 1650. The second kappa shape index (κ2) is 12.4. The molecule has 0 aliphatic carbocycles. The predicted octanol–water partition coefficient (Wildman–Crippen LogP) is 6.13. The molecule has 0 fully saturated rings. The Hall–Kier alpha value is -3.44. The van der Waals surface area contributed by atoms with Crippen LogP contribution in [-0.4, -0.2) is 25.3 Å². The molecule has 10 heteroatoms. The van der Waals surface area contributed by atoms with Crippen LogP contribution in [-0.2, 0) is 29.5 Å². The highest BCUT2D eigenvalue weighted by molar-refractivity contribution is 8.18. The van der Waals surface area contributed by atoms with E-state index in [-0.39, 0.29) is 18.9 Å². The van der Waals surface area contributed by atoms with Crippen LogP contribution in [0.2, 0.25) is 0 Å². The van der Waals surface area contributed by atoms with E-state index in [1.54, 1.807) is 42.5 Å². The monoisotopic (exact) mass is 584 g/mol. The van der Waals surface area contributed by atoms with Gasteiger partial charge in [-0.3, -0.25) is 0 Å². The lowest BCUT2D eigenvalue weighted by molar-refractivity contribution is 0.594. The molecule has 0 aliphatic rings. The number of hydrogen-bond acceptors (Lipinski definition) is 7. The Labute approximate surface area is 228 Å². The molecule has 0 atom stereocenters. The summed E-state index contributed by atoms with van der Waals surface area (Å²) in [6.45, 7) is 6.95. The van der Waals surface area contributed by atoms with Gasteiger partial charge in [-0.1, -0.05) is 97.7 Å². The highest BCUT2D eigenvalue weighted by Gasteiger charge is 2.31. The van der Waals surface area contributed by atoms with Crippen LogP contribution in [0.5, 0.6) is 0 Å². The lowest BCUT2D eigenvalue weighted by Crippen LogP contribution is -2.14. The molecule has 0 radical (unpaired) electrons. The molecule has 0 spiro atoms. The van der Waals surface area contributed by atoms with Crippen molar-refractivity contribution in [2.24, 2.45) is 0 Å². The van der Waals surface area contributed by atoms with Crippen LogP contribution >= 0.6 is 11.8 Å². The maximum Gasteiger partial charge on any atom is 0.217 e. The zero-order valence-electron chi connectivity index (χ0n) is 20.0. The predicted molar refractivity (Wildman–Crippen MR) is 151 cm³/mol. The van der Waals surface area contributed by atoms with Gasteiger partial charge in [-0.25, -0.2) is 25.3 Å². The van der Waals surface area contributed by atoms with E-state index < -0.39 is 33.7 Å². The minimum Gasteiger partial charge on any atom is -0.218 e. The van der Waals surface area contributed by atoms with Crippen molar-refractivity contribution in [1.82, 2.24) is 0 Å². The van der Waals surface area contributed by atoms with Crippen molar-refractivity contribution < 1.29 is 25.3 Å². The van der Waals surface area contributed by atoms with Crippen LogP contribution in [0.1, 0.15) is 0 Å². The van der Waals surface area contributed by atoms with Gasteiger partial charge in [0, 0.05) is 4.90 Å². The van der Waals surface area contributed by atoms with Gasteiger partial charge in [0.2, 0.25) is 29.5 Å². The summed E-state index contributed by atoms with van der Waals surface area (Å²) >= 11 is 1.16. The lowest BCUT2D eigenvalue weighted by Gasteiger charge is -2.08. The van der Waals surface area contributed by atoms with Crippen molar-refractivity contribution in [2.75, 3.05) is 0 Å². The van der Waals surface area contributed by atoms with Crippen molar-refractivity contribution in [3.8, 4) is 0 Å². The van der Waals surface area contributed by atoms with E-state index in [1.807, 2.05) is 30.3 Å². The Morgan fingerprint density at radius 1 is 0.447 bits per heavy atom. The molecule has 0 saturated heterocycles. The fraction of sp³-hybridized carbons (Fsp3) is 0. The molecule has 0 heterocycles. The molecule has 0 unspecified atom stereocenters. The van der Waals surface area contributed by atoms with Crippen molar-refractivity contribution in [1.29, 1.82) is 0 Å². The molecule has 0 bridgehead atoms. The molecule has 0 amide bonds. The number of sulfone groups is 3. The lowest BCUT2D eigenvalue weighted by atomic mass is 10.4. The molecule has 0 aromatic heterocycles. The first-order valence-corrected chi connectivity index (χ1v) is 16.2. The first-order valence-electron chi connectivity index (χ1n) is 11.0. The molecule has 196 valence electrons. The number of hydrogen-bond donors (Lipinski definition) is 0. The largest absolute Gasteiger partial charge is 0.218 e. The second-order valence-electron chi connectivity index (χ2n) is 7.61. The topological polar surface area (TPSA) is 102 Å². The van der Waals surface area contributed by atoms with Crippen molar-refractivity contribution in [3.63, 3.8) is 0 Å². The summed E-state index contributed by atoms with van der Waals surface area (Å²) in [7, 11) is -11.7. The van der Waals surface area contributed by atoms with Gasteiger partial charge in [0.05, 0.1) is 14.7 Å². The fourth-order valence-electron chi connectivity index (χ4n) is 3.01. The third kappa shape index (κ3) is 6.90. The first-order chi connectivity index (χ1) is 18.0. The summed E-state index contributed by atoms with van der Waals surface area (Å²) in [5, 5.41) is 0. The Morgan fingerprint density at radius 3 is 1.08 bits per heavy atom. The highest BCUT2D eigenvalue weighted by atomic mass is 32.3. The molecule has 4 rings (SSSR count). The van der Waals surface area contributed by atoms with Gasteiger partial charge in [0.25, 0.3) is 0 Å². The minimum absolute atomic E-state index is 0.0930. The quantitative estimate of drug-likeness (QED) is 0.230. The van der Waals surface area contributed by atoms with Crippen LogP contribution in [0.3, 0.4) is 0 Å². The molecule has 6 nitrogen and oxygen atoms in total. The van der Waals surface area contributed by atoms with Gasteiger partial charge in [-0.2, -0.15) is 0 Å². The van der Waals surface area contributed by atoms with Crippen LogP contribution in [0.4, 0.5) is 0 Å². The van der Waals surface area contributed by atoms with E-state index in [0.29, 0.717) is 0 Å². The van der Waals surface area contributed by atoms with Gasteiger partial charge in [-0.15, -0.1) is 0 Å². The van der Waals surface area contributed by atoms with Gasteiger partial charge >= 0.3 is 0 Å². The smallest absolute Gasteiger partial charge is 0.217 e. The zero-order valence-corrected chi connectivity index (χ0v) is 23.3. The number of thioether (sulfide) groups is 1. The molecule has 0 aliphatic heterocycles. The average molecular weight is 585 g/mol. The molecule has 38 heavy (non-hydrogen) atoms. The molecular formula is C28H24O6S4. The molecule has 0 N–H and O–H groups in total. The standard InChI is InChI=1S/C14H12O4S2.C14H12O2S2/c1-12(19(15,16)13-8-4-2-5-9-13)20(17,18)14-10-6-3-7-11-14;1-12(17-13-8-4-2-5-9-13)18(15,16)14-10-6-3-7-11-14/h2-11H,1H2;2-11H,1H2. The second-order valence-corrected chi connectivity index (χ2v) is 15.2. The van der Waals surface area contributed by atoms with Gasteiger partial charge in [-0.05, 0) is 48.5 Å². The molecule has 4 aromatic rings. The normalized spacial score (nSPS) is 11.6. The zero-order chi connectivity index (χ0) is 27.8. The summed E-state index contributed by atoms with van der Waals surface area (Å²) in [6, 6.07) is 32.4. The highest BCUT2D eigenvalue weighted by Crippen LogP contribution is 2.32. The summed E-state index contributed by atoms with van der Waals surface area (Å²) in [6.07, 6.45) is 0. The average Bonchev–Trinajstić information content (AvgIpc) is 2.95. The van der Waals surface area contributed by atoms with E-state index in [1.165, 1.54) is 48.5 Å². The van der Waals surface area contributed by atoms with E-state index in [9.17, 15) is 25.3 Å². The van der Waals surface area contributed by atoms with Crippen LogP contribution in [0, 0.1) is 0 Å². The van der Waals surface area contributed by atoms with Crippen molar-refractivity contribution in [2.45, 2.75) is 19.6 Å². The molecule has 0 saturated carbocycles. The third-order valence-electron chi connectivity index (χ3n) is 5.03.